The highest BCUT2D eigenvalue weighted by Gasteiger charge is 2.14. The predicted octanol–water partition coefficient (Wildman–Crippen LogP) is 2.96. The molecule has 6 heteroatoms. The van der Waals surface area contributed by atoms with Gasteiger partial charge in [-0.3, -0.25) is 14.4 Å². The summed E-state index contributed by atoms with van der Waals surface area (Å²) in [5.41, 5.74) is 2.59. The third-order valence-corrected chi connectivity index (χ3v) is 4.32. The van der Waals surface area contributed by atoms with Crippen LogP contribution in [-0.4, -0.2) is 30.9 Å². The smallest absolute Gasteiger partial charge is 0.325 e. The van der Waals surface area contributed by atoms with Gasteiger partial charge in [-0.25, -0.2) is 0 Å². The van der Waals surface area contributed by atoms with Crippen LogP contribution < -0.4 is 10.6 Å². The van der Waals surface area contributed by atoms with Gasteiger partial charge >= 0.3 is 5.97 Å². The number of hydrogen-bond acceptors (Lipinski definition) is 4. The van der Waals surface area contributed by atoms with Crippen molar-refractivity contribution in [3.05, 3.63) is 71.3 Å². The molecule has 0 atom stereocenters. The van der Waals surface area contributed by atoms with Crippen LogP contribution in [0.1, 0.15) is 48.7 Å². The molecule has 2 rings (SSSR count). The van der Waals surface area contributed by atoms with E-state index in [1.165, 1.54) is 0 Å². The van der Waals surface area contributed by atoms with Crippen molar-refractivity contribution in [2.75, 3.05) is 13.1 Å². The number of carbonyl (C=O) groups is 3. The summed E-state index contributed by atoms with van der Waals surface area (Å²) in [6, 6.07) is 16.7. The summed E-state index contributed by atoms with van der Waals surface area (Å²) in [5.74, 6) is -1.07. The number of benzene rings is 2. The summed E-state index contributed by atoms with van der Waals surface area (Å²) < 4.78 is 5.09. The van der Waals surface area contributed by atoms with Crippen molar-refractivity contribution in [1.29, 1.82) is 0 Å². The van der Waals surface area contributed by atoms with Gasteiger partial charge in [0.25, 0.3) is 5.91 Å². The first-order valence-electron chi connectivity index (χ1n) is 9.60. The molecule has 0 unspecified atom stereocenters. The van der Waals surface area contributed by atoms with E-state index in [0.717, 1.165) is 11.1 Å². The van der Waals surface area contributed by atoms with Gasteiger partial charge in [0.1, 0.15) is 13.2 Å². The molecule has 2 N–H and O–H groups in total. The van der Waals surface area contributed by atoms with Crippen LogP contribution >= 0.6 is 0 Å². The Bertz CT molecular complexity index is 824. The van der Waals surface area contributed by atoms with E-state index in [1.807, 2.05) is 42.5 Å². The van der Waals surface area contributed by atoms with Crippen molar-refractivity contribution in [3.63, 3.8) is 0 Å². The maximum absolute atomic E-state index is 12.2. The first kappa shape index (κ1) is 22.1. The number of esters is 1. The van der Waals surface area contributed by atoms with Crippen molar-refractivity contribution in [2.45, 2.75) is 39.2 Å². The third kappa shape index (κ3) is 7.78. The van der Waals surface area contributed by atoms with E-state index in [-0.39, 0.29) is 43.3 Å². The topological polar surface area (TPSA) is 84.5 Å². The fourth-order valence-electron chi connectivity index (χ4n) is 2.56. The highest BCUT2D eigenvalue weighted by Crippen LogP contribution is 2.22. The highest BCUT2D eigenvalue weighted by molar-refractivity contribution is 5.94. The number of rotatable bonds is 8. The molecule has 2 amide bonds. The van der Waals surface area contributed by atoms with Gasteiger partial charge in [-0.2, -0.15) is 0 Å². The van der Waals surface area contributed by atoms with Crippen LogP contribution in [0.25, 0.3) is 0 Å². The second kappa shape index (κ2) is 10.4. The molecule has 0 aromatic heterocycles. The summed E-state index contributed by atoms with van der Waals surface area (Å²) in [6.45, 7) is 6.48. The zero-order valence-electron chi connectivity index (χ0n) is 17.2. The normalized spacial score (nSPS) is 10.9. The third-order valence-electron chi connectivity index (χ3n) is 4.32. The maximum Gasteiger partial charge on any atom is 0.325 e. The molecule has 154 valence electrons. The van der Waals surface area contributed by atoms with Gasteiger partial charge in [0, 0.05) is 18.5 Å². The zero-order chi connectivity index (χ0) is 21.3. The summed E-state index contributed by atoms with van der Waals surface area (Å²) in [4.78, 5) is 35.7. The maximum atomic E-state index is 12.2. The van der Waals surface area contributed by atoms with Crippen LogP contribution in [0, 0.1) is 0 Å². The summed E-state index contributed by atoms with van der Waals surface area (Å²) in [7, 11) is 0. The number of ether oxygens (including phenoxy) is 1. The molecule has 0 saturated carbocycles. The predicted molar refractivity (Wildman–Crippen MR) is 111 cm³/mol. The van der Waals surface area contributed by atoms with Gasteiger partial charge in [0.2, 0.25) is 5.91 Å². The molecule has 0 aliphatic rings. The lowest BCUT2D eigenvalue weighted by atomic mass is 9.87. The molecule has 6 nitrogen and oxygen atoms in total. The Balaban J connectivity index is 1.64. The second-order valence-corrected chi connectivity index (χ2v) is 7.76. The molecule has 0 bridgehead atoms. The van der Waals surface area contributed by atoms with Crippen LogP contribution in [0.5, 0.6) is 0 Å². The molecule has 0 aliphatic heterocycles. The molecule has 29 heavy (non-hydrogen) atoms. The molecule has 0 aliphatic carbocycles. The number of amides is 2. The zero-order valence-corrected chi connectivity index (χ0v) is 17.2. The fraction of sp³-hybridized carbons (Fsp3) is 0.348. The van der Waals surface area contributed by atoms with Gasteiger partial charge in [0.15, 0.2) is 0 Å². The van der Waals surface area contributed by atoms with Gasteiger partial charge in [-0.05, 0) is 28.7 Å². The minimum atomic E-state index is -0.509. The van der Waals surface area contributed by atoms with Crippen LogP contribution in [-0.2, 0) is 26.3 Å². The van der Waals surface area contributed by atoms with Crippen LogP contribution in [0.2, 0.25) is 0 Å². The van der Waals surface area contributed by atoms with Crippen LogP contribution in [0.3, 0.4) is 0 Å². The number of hydrogen-bond donors (Lipinski definition) is 2. The Labute approximate surface area is 171 Å². The highest BCUT2D eigenvalue weighted by atomic mass is 16.5. The lowest BCUT2D eigenvalue weighted by Crippen LogP contribution is -2.34. The Morgan fingerprint density at radius 3 is 2.17 bits per heavy atom. The van der Waals surface area contributed by atoms with Crippen molar-refractivity contribution in [2.24, 2.45) is 0 Å². The SMILES string of the molecule is CC(C)(C)c1ccc(C(=O)NCCC(=O)NCC(=O)OCc2ccccc2)cc1. The summed E-state index contributed by atoms with van der Waals surface area (Å²) >= 11 is 0. The van der Waals surface area contributed by atoms with Gasteiger partial charge < -0.3 is 15.4 Å². The molecule has 0 saturated heterocycles. The van der Waals surface area contributed by atoms with E-state index in [9.17, 15) is 14.4 Å². The minimum Gasteiger partial charge on any atom is -0.460 e. The first-order valence-corrected chi connectivity index (χ1v) is 9.60. The Morgan fingerprint density at radius 1 is 0.897 bits per heavy atom. The second-order valence-electron chi connectivity index (χ2n) is 7.76. The summed E-state index contributed by atoms with van der Waals surface area (Å²) in [6.07, 6.45) is 0.0811. The van der Waals surface area contributed by atoms with Crippen molar-refractivity contribution in [3.8, 4) is 0 Å². The van der Waals surface area contributed by atoms with Crippen LogP contribution in [0.4, 0.5) is 0 Å². The monoisotopic (exact) mass is 396 g/mol. The van der Waals surface area contributed by atoms with Gasteiger partial charge in [0.05, 0.1) is 0 Å². The lowest BCUT2D eigenvalue weighted by Gasteiger charge is -2.19. The van der Waals surface area contributed by atoms with Crippen molar-refractivity contribution < 1.29 is 19.1 Å². The van der Waals surface area contributed by atoms with E-state index in [2.05, 4.69) is 31.4 Å². The van der Waals surface area contributed by atoms with E-state index < -0.39 is 5.97 Å². The molecular weight excluding hydrogens is 368 g/mol. The fourth-order valence-corrected chi connectivity index (χ4v) is 2.56. The van der Waals surface area contributed by atoms with Gasteiger partial charge in [-0.1, -0.05) is 63.2 Å². The number of nitrogens with one attached hydrogen (secondary N) is 2. The number of carbonyl (C=O) groups excluding carboxylic acids is 3. The Kier molecular flexibility index (Phi) is 7.95. The molecule has 2 aromatic rings. The average molecular weight is 396 g/mol. The van der Waals surface area contributed by atoms with E-state index in [4.69, 9.17) is 4.74 Å². The lowest BCUT2D eigenvalue weighted by molar-refractivity contribution is -0.145. The van der Waals surface area contributed by atoms with E-state index in [0.29, 0.717) is 5.56 Å². The average Bonchev–Trinajstić information content (AvgIpc) is 2.71. The summed E-state index contributed by atoms with van der Waals surface area (Å²) in [5, 5.41) is 5.20. The first-order chi connectivity index (χ1) is 13.8. The Hall–Kier alpha value is -3.15. The standard InChI is InChI=1S/C23H28N2O4/c1-23(2,3)19-11-9-18(10-12-19)22(28)24-14-13-20(26)25-15-21(27)29-16-17-7-5-4-6-8-17/h4-12H,13-16H2,1-3H3,(H,24,28)(H,25,26). The molecule has 0 fully saturated rings. The minimum absolute atomic E-state index is 0.0232. The molecular formula is C23H28N2O4. The molecule has 0 heterocycles. The van der Waals surface area contributed by atoms with Gasteiger partial charge in [-0.15, -0.1) is 0 Å². The van der Waals surface area contributed by atoms with Crippen molar-refractivity contribution in [1.82, 2.24) is 10.6 Å². The molecule has 0 spiro atoms. The van der Waals surface area contributed by atoms with E-state index >= 15 is 0 Å². The van der Waals surface area contributed by atoms with Crippen molar-refractivity contribution >= 4 is 17.8 Å². The van der Waals surface area contributed by atoms with E-state index in [1.54, 1.807) is 12.1 Å². The molecule has 0 radical (unpaired) electrons. The largest absolute Gasteiger partial charge is 0.460 e. The van der Waals surface area contributed by atoms with Crippen LogP contribution in [0.15, 0.2) is 54.6 Å². The quantitative estimate of drug-likeness (QED) is 0.672. The molecule has 2 aromatic carbocycles. The Morgan fingerprint density at radius 2 is 1.55 bits per heavy atom.